The van der Waals surface area contributed by atoms with Crippen molar-refractivity contribution in [2.75, 3.05) is 19.0 Å². The van der Waals surface area contributed by atoms with Crippen molar-refractivity contribution in [1.82, 2.24) is 0 Å². The van der Waals surface area contributed by atoms with Crippen LogP contribution in [-0.4, -0.2) is 25.6 Å². The summed E-state index contributed by atoms with van der Waals surface area (Å²) in [5.41, 5.74) is 5.44. The van der Waals surface area contributed by atoms with Crippen LogP contribution in [0.15, 0.2) is 54.6 Å². The second kappa shape index (κ2) is 10.3. The average molecular weight is 542 g/mol. The van der Waals surface area contributed by atoms with Gasteiger partial charge in [-0.3, -0.25) is 4.79 Å². The number of rotatable bonds is 6. The summed E-state index contributed by atoms with van der Waals surface area (Å²) < 4.78 is 11.0. The molecule has 1 N–H and O–H groups in total. The van der Waals surface area contributed by atoms with Gasteiger partial charge in [0.1, 0.15) is 10.8 Å². The Morgan fingerprint density at radius 1 is 1.15 bits per heavy atom. The Kier molecular flexibility index (Phi) is 6.84. The molecule has 3 aromatic rings. The molecule has 2 aromatic carbocycles. The first-order valence-corrected chi connectivity index (χ1v) is 14.8. The molecule has 0 radical (unpaired) electrons. The largest absolute Gasteiger partial charge is 0.497 e. The molecule has 4 atom stereocenters. The van der Waals surface area contributed by atoms with E-state index in [-0.39, 0.29) is 17.3 Å². The number of anilines is 1. The van der Waals surface area contributed by atoms with E-state index in [1.54, 1.807) is 24.5 Å². The number of carbonyl (C=O) groups excluding carboxylic acids is 2. The third-order valence-electron chi connectivity index (χ3n) is 9.22. The van der Waals surface area contributed by atoms with Gasteiger partial charge in [0.25, 0.3) is 0 Å². The van der Waals surface area contributed by atoms with Crippen LogP contribution in [0.1, 0.15) is 76.5 Å². The van der Waals surface area contributed by atoms with Crippen molar-refractivity contribution in [2.45, 2.75) is 57.3 Å². The zero-order chi connectivity index (χ0) is 27.1. The number of esters is 1. The number of thiophene rings is 1. The highest BCUT2D eigenvalue weighted by molar-refractivity contribution is 7.17. The summed E-state index contributed by atoms with van der Waals surface area (Å²) in [5.74, 6) is 1.95. The molecule has 1 heterocycles. The maximum Gasteiger partial charge on any atom is 0.341 e. The van der Waals surface area contributed by atoms with Gasteiger partial charge >= 0.3 is 5.97 Å². The minimum Gasteiger partial charge on any atom is -0.497 e. The SMILES string of the molecule is CCOC(=O)c1c(NC(=O)/C=C/c2ccccc2)sc2c1[C@]1(C)CC[C@H]3c4ccc(OC)cc4CC[C@@H]3[C@@H]1C2. The Hall–Kier alpha value is -3.38. The molecular formula is C33H35NO4S. The topological polar surface area (TPSA) is 64.6 Å². The van der Waals surface area contributed by atoms with Crippen LogP contribution in [0.4, 0.5) is 5.00 Å². The Morgan fingerprint density at radius 2 is 1.97 bits per heavy atom. The molecule has 3 aliphatic rings. The summed E-state index contributed by atoms with van der Waals surface area (Å²) in [6, 6.07) is 16.3. The first kappa shape index (κ1) is 25.9. The predicted molar refractivity (Wildman–Crippen MR) is 156 cm³/mol. The van der Waals surface area contributed by atoms with Crippen LogP contribution >= 0.6 is 11.3 Å². The van der Waals surface area contributed by atoms with Crippen molar-refractivity contribution in [1.29, 1.82) is 0 Å². The van der Waals surface area contributed by atoms with Crippen LogP contribution in [0, 0.1) is 11.8 Å². The van der Waals surface area contributed by atoms with Gasteiger partial charge in [0.05, 0.1) is 19.3 Å². The summed E-state index contributed by atoms with van der Waals surface area (Å²) in [6.07, 6.45) is 8.59. The van der Waals surface area contributed by atoms with E-state index in [4.69, 9.17) is 9.47 Å². The summed E-state index contributed by atoms with van der Waals surface area (Å²) in [4.78, 5) is 27.5. The molecule has 0 saturated heterocycles. The minimum absolute atomic E-state index is 0.109. The molecule has 3 aliphatic carbocycles. The highest BCUT2D eigenvalue weighted by Crippen LogP contribution is 2.63. The number of hydrogen-bond acceptors (Lipinski definition) is 5. The van der Waals surface area contributed by atoms with E-state index in [0.717, 1.165) is 49.0 Å². The van der Waals surface area contributed by atoms with Crippen molar-refractivity contribution >= 4 is 34.3 Å². The Morgan fingerprint density at radius 3 is 2.74 bits per heavy atom. The van der Waals surface area contributed by atoms with Crippen LogP contribution in [0.25, 0.3) is 6.08 Å². The monoisotopic (exact) mass is 541 g/mol. The van der Waals surface area contributed by atoms with Crippen LogP contribution in [0.3, 0.4) is 0 Å². The van der Waals surface area contributed by atoms with E-state index in [9.17, 15) is 9.59 Å². The quantitative estimate of drug-likeness (QED) is 0.266. The molecule has 6 heteroatoms. The summed E-state index contributed by atoms with van der Waals surface area (Å²) in [7, 11) is 1.73. The van der Waals surface area contributed by atoms with Gasteiger partial charge in [-0.25, -0.2) is 4.79 Å². The first-order chi connectivity index (χ1) is 18.9. The van der Waals surface area contributed by atoms with E-state index in [2.05, 4.69) is 30.4 Å². The van der Waals surface area contributed by atoms with Gasteiger partial charge < -0.3 is 14.8 Å². The molecule has 1 amide bonds. The van der Waals surface area contributed by atoms with Gasteiger partial charge in [-0.2, -0.15) is 0 Å². The summed E-state index contributed by atoms with van der Waals surface area (Å²) in [6.45, 7) is 4.48. The zero-order valence-corrected chi connectivity index (χ0v) is 23.6. The van der Waals surface area contributed by atoms with Gasteiger partial charge in [0.2, 0.25) is 5.91 Å². The van der Waals surface area contributed by atoms with E-state index in [1.165, 1.54) is 22.1 Å². The van der Waals surface area contributed by atoms with Crippen LogP contribution in [-0.2, 0) is 27.8 Å². The normalized spacial score (nSPS) is 24.8. The molecule has 0 aliphatic heterocycles. The number of nitrogens with one attached hydrogen (secondary N) is 1. The lowest BCUT2D eigenvalue weighted by Gasteiger charge is -2.49. The standard InChI is InChI=1S/C33H35NO4S/c1-4-38-32(36)29-30-27(39-31(29)34-28(35)15-10-20-8-6-5-7-9-20)19-26-25-13-11-21-18-22(37-3)12-14-23(21)24(25)16-17-33(26,30)2/h5-10,12,14-15,18,24-26H,4,11,13,16-17,19H2,1-3H3,(H,34,35)/b15-10+/t24-,25-,26-,33+/m0/s1. The molecule has 5 nitrogen and oxygen atoms in total. The van der Waals surface area contributed by atoms with E-state index >= 15 is 0 Å². The van der Waals surface area contributed by atoms with Gasteiger partial charge in [-0.05, 0) is 103 Å². The third kappa shape index (κ3) is 4.49. The smallest absolute Gasteiger partial charge is 0.341 e. The molecule has 6 rings (SSSR count). The number of ether oxygens (including phenoxy) is 2. The lowest BCUT2D eigenvalue weighted by atomic mass is 9.54. The summed E-state index contributed by atoms with van der Waals surface area (Å²) in [5, 5.41) is 3.64. The molecule has 0 unspecified atom stereocenters. The number of hydrogen-bond donors (Lipinski definition) is 1. The lowest BCUT2D eigenvalue weighted by Crippen LogP contribution is -2.43. The number of fused-ring (bicyclic) bond motifs is 7. The van der Waals surface area contributed by atoms with Crippen LogP contribution < -0.4 is 10.1 Å². The number of aryl methyl sites for hydroxylation is 1. The Balaban J connectivity index is 1.31. The van der Waals surface area contributed by atoms with Crippen molar-refractivity contribution < 1.29 is 19.1 Å². The van der Waals surface area contributed by atoms with Crippen molar-refractivity contribution in [2.24, 2.45) is 11.8 Å². The maximum absolute atomic E-state index is 13.4. The molecule has 1 saturated carbocycles. The fraction of sp³-hybridized carbons (Fsp3) is 0.394. The highest BCUT2D eigenvalue weighted by Gasteiger charge is 2.55. The maximum atomic E-state index is 13.4. The molecule has 0 spiro atoms. The van der Waals surface area contributed by atoms with E-state index < -0.39 is 0 Å². The van der Waals surface area contributed by atoms with Gasteiger partial charge in [-0.15, -0.1) is 11.3 Å². The second-order valence-electron chi connectivity index (χ2n) is 11.2. The first-order valence-electron chi connectivity index (χ1n) is 14.0. The number of methoxy groups -OCH3 is 1. The number of amides is 1. The molecule has 1 aromatic heterocycles. The zero-order valence-electron chi connectivity index (χ0n) is 22.8. The minimum atomic E-state index is -0.331. The van der Waals surface area contributed by atoms with Gasteiger partial charge in [0, 0.05) is 11.0 Å². The highest BCUT2D eigenvalue weighted by atomic mass is 32.1. The van der Waals surface area contributed by atoms with Crippen LogP contribution in [0.5, 0.6) is 5.75 Å². The van der Waals surface area contributed by atoms with Gasteiger partial charge in [-0.1, -0.05) is 43.3 Å². The number of carbonyl (C=O) groups is 2. The van der Waals surface area contributed by atoms with Gasteiger partial charge in [0.15, 0.2) is 0 Å². The van der Waals surface area contributed by atoms with E-state index in [1.807, 2.05) is 37.3 Å². The molecule has 202 valence electrons. The fourth-order valence-electron chi connectivity index (χ4n) is 7.49. The Labute approximate surface area is 234 Å². The van der Waals surface area contributed by atoms with Crippen molar-refractivity contribution in [3.63, 3.8) is 0 Å². The summed E-state index contributed by atoms with van der Waals surface area (Å²) >= 11 is 1.56. The molecular weight excluding hydrogens is 506 g/mol. The fourth-order valence-corrected chi connectivity index (χ4v) is 8.88. The lowest BCUT2D eigenvalue weighted by molar-refractivity contribution is -0.111. The van der Waals surface area contributed by atoms with Crippen LogP contribution in [0.2, 0.25) is 0 Å². The van der Waals surface area contributed by atoms with Crippen molar-refractivity contribution in [3.05, 3.63) is 87.3 Å². The Bertz CT molecular complexity index is 1440. The number of benzene rings is 2. The average Bonchev–Trinajstić information content (AvgIpc) is 3.45. The van der Waals surface area contributed by atoms with E-state index in [0.29, 0.717) is 34.9 Å². The third-order valence-corrected chi connectivity index (χ3v) is 10.4. The molecule has 39 heavy (non-hydrogen) atoms. The second-order valence-corrected chi connectivity index (χ2v) is 12.3. The predicted octanol–water partition coefficient (Wildman–Crippen LogP) is 7.16. The van der Waals surface area contributed by atoms with Crippen molar-refractivity contribution in [3.8, 4) is 5.75 Å². The molecule has 1 fully saturated rings. The molecule has 0 bridgehead atoms.